The zero-order chi connectivity index (χ0) is 15.4. The summed E-state index contributed by atoms with van der Waals surface area (Å²) in [4.78, 5) is 11.9. The summed E-state index contributed by atoms with van der Waals surface area (Å²) < 4.78 is 13.4. The van der Waals surface area contributed by atoms with Crippen LogP contribution in [0.25, 0.3) is 0 Å². The summed E-state index contributed by atoms with van der Waals surface area (Å²) in [5.74, 6) is -0.345. The number of rotatable bonds is 3. The van der Waals surface area contributed by atoms with Crippen LogP contribution >= 0.6 is 11.6 Å². The Bertz CT molecular complexity index is 650. The number of urea groups is 1. The fraction of sp³-hybridized carbons (Fsp3) is 0.188. The van der Waals surface area contributed by atoms with E-state index in [9.17, 15) is 9.18 Å². The van der Waals surface area contributed by atoms with Crippen molar-refractivity contribution in [3.63, 3.8) is 0 Å². The molecule has 0 aliphatic carbocycles. The van der Waals surface area contributed by atoms with Gasteiger partial charge in [-0.2, -0.15) is 0 Å². The number of carbonyl (C=O) groups excluding carboxylic acids is 1. The third-order valence-corrected chi connectivity index (χ3v) is 3.37. The maximum absolute atomic E-state index is 13.4. The van der Waals surface area contributed by atoms with Crippen LogP contribution < -0.4 is 10.6 Å². The zero-order valence-electron chi connectivity index (χ0n) is 11.8. The Hall–Kier alpha value is -2.07. The minimum Gasteiger partial charge on any atom is -0.334 e. The number of benzene rings is 2. The molecule has 21 heavy (non-hydrogen) atoms. The van der Waals surface area contributed by atoms with E-state index in [2.05, 4.69) is 10.6 Å². The number of hydrogen-bond donors (Lipinski definition) is 2. The fourth-order valence-electron chi connectivity index (χ4n) is 2.05. The summed E-state index contributed by atoms with van der Waals surface area (Å²) in [6.45, 7) is 3.91. The monoisotopic (exact) mass is 306 g/mol. The Morgan fingerprint density at radius 2 is 1.95 bits per heavy atom. The normalized spacial score (nSPS) is 10.3. The van der Waals surface area contributed by atoms with Gasteiger partial charge in [-0.3, -0.25) is 0 Å². The molecule has 0 bridgehead atoms. The highest BCUT2D eigenvalue weighted by molar-refractivity contribution is 6.34. The van der Waals surface area contributed by atoms with Gasteiger partial charge in [0.25, 0.3) is 0 Å². The molecule has 0 fully saturated rings. The molecule has 2 aromatic rings. The number of anilines is 1. The lowest BCUT2D eigenvalue weighted by atomic mass is 10.1. The molecular weight excluding hydrogens is 291 g/mol. The van der Waals surface area contributed by atoms with Crippen LogP contribution in [0.2, 0.25) is 5.02 Å². The van der Waals surface area contributed by atoms with Crippen molar-refractivity contribution in [2.24, 2.45) is 0 Å². The largest absolute Gasteiger partial charge is 0.334 e. The summed E-state index contributed by atoms with van der Waals surface area (Å²) in [6, 6.07) is 9.59. The third-order valence-electron chi connectivity index (χ3n) is 3.07. The molecule has 2 aromatic carbocycles. The number of amides is 2. The highest BCUT2D eigenvalue weighted by atomic mass is 35.5. The number of aryl methyl sites for hydroxylation is 2. The molecule has 0 radical (unpaired) electrons. The van der Waals surface area contributed by atoms with Crippen LogP contribution in [0.1, 0.15) is 16.7 Å². The van der Waals surface area contributed by atoms with Crippen molar-refractivity contribution in [1.29, 1.82) is 0 Å². The molecule has 0 spiro atoms. The van der Waals surface area contributed by atoms with Crippen LogP contribution in [0.15, 0.2) is 36.4 Å². The Labute approximate surface area is 128 Å². The molecule has 3 nitrogen and oxygen atoms in total. The van der Waals surface area contributed by atoms with E-state index in [0.29, 0.717) is 16.3 Å². The molecule has 0 unspecified atom stereocenters. The maximum Gasteiger partial charge on any atom is 0.319 e. The van der Waals surface area contributed by atoms with Gasteiger partial charge in [0.1, 0.15) is 5.82 Å². The SMILES string of the molecule is Cc1cc(C)c(NC(=O)NCc2ccccc2F)c(Cl)c1. The van der Waals surface area contributed by atoms with Crippen molar-refractivity contribution in [2.75, 3.05) is 5.32 Å². The minimum atomic E-state index is -0.424. The van der Waals surface area contributed by atoms with E-state index >= 15 is 0 Å². The summed E-state index contributed by atoms with van der Waals surface area (Å²) >= 11 is 6.12. The van der Waals surface area contributed by atoms with Gasteiger partial charge >= 0.3 is 6.03 Å². The lowest BCUT2D eigenvalue weighted by Crippen LogP contribution is -2.29. The molecule has 0 aliphatic rings. The van der Waals surface area contributed by atoms with Crippen molar-refractivity contribution in [3.8, 4) is 0 Å². The highest BCUT2D eigenvalue weighted by Crippen LogP contribution is 2.27. The van der Waals surface area contributed by atoms with E-state index in [1.165, 1.54) is 6.07 Å². The summed E-state index contributed by atoms with van der Waals surface area (Å²) in [7, 11) is 0. The Morgan fingerprint density at radius 1 is 1.24 bits per heavy atom. The second-order valence-corrected chi connectivity index (χ2v) is 5.24. The summed E-state index contributed by atoms with van der Waals surface area (Å²) in [5, 5.41) is 5.78. The average Bonchev–Trinajstić information content (AvgIpc) is 2.42. The van der Waals surface area contributed by atoms with Gasteiger partial charge in [-0.1, -0.05) is 35.9 Å². The lowest BCUT2D eigenvalue weighted by Gasteiger charge is -2.12. The smallest absolute Gasteiger partial charge is 0.319 e. The van der Waals surface area contributed by atoms with Crippen molar-refractivity contribution in [1.82, 2.24) is 5.32 Å². The molecule has 2 rings (SSSR count). The lowest BCUT2D eigenvalue weighted by molar-refractivity contribution is 0.251. The van der Waals surface area contributed by atoms with E-state index in [4.69, 9.17) is 11.6 Å². The molecule has 0 atom stereocenters. The average molecular weight is 307 g/mol. The topological polar surface area (TPSA) is 41.1 Å². The Kier molecular flexibility index (Phi) is 4.81. The molecule has 110 valence electrons. The van der Waals surface area contributed by atoms with E-state index in [1.54, 1.807) is 24.3 Å². The molecule has 2 N–H and O–H groups in total. The quantitative estimate of drug-likeness (QED) is 0.866. The zero-order valence-corrected chi connectivity index (χ0v) is 12.6. The fourth-order valence-corrected chi connectivity index (χ4v) is 2.42. The van der Waals surface area contributed by atoms with Gasteiger partial charge in [-0.05, 0) is 37.1 Å². The van der Waals surface area contributed by atoms with Crippen molar-refractivity contribution in [3.05, 3.63) is 63.9 Å². The van der Waals surface area contributed by atoms with E-state index in [1.807, 2.05) is 19.9 Å². The van der Waals surface area contributed by atoms with Crippen molar-refractivity contribution in [2.45, 2.75) is 20.4 Å². The minimum absolute atomic E-state index is 0.112. The van der Waals surface area contributed by atoms with Crippen molar-refractivity contribution < 1.29 is 9.18 Å². The summed E-state index contributed by atoms with van der Waals surface area (Å²) in [6.07, 6.45) is 0. The molecule has 0 aliphatic heterocycles. The number of halogens is 2. The van der Waals surface area contributed by atoms with E-state index in [0.717, 1.165) is 11.1 Å². The first-order valence-corrected chi connectivity index (χ1v) is 6.90. The second-order valence-electron chi connectivity index (χ2n) is 4.84. The van der Waals surface area contributed by atoms with Crippen molar-refractivity contribution >= 4 is 23.3 Å². The summed E-state index contributed by atoms with van der Waals surface area (Å²) in [5.41, 5.74) is 2.89. The molecule has 0 saturated heterocycles. The Morgan fingerprint density at radius 3 is 2.62 bits per heavy atom. The van der Waals surface area contributed by atoms with Gasteiger partial charge in [-0.15, -0.1) is 0 Å². The standard InChI is InChI=1S/C16H16ClFN2O/c1-10-7-11(2)15(13(17)8-10)20-16(21)19-9-12-5-3-4-6-14(12)18/h3-8H,9H2,1-2H3,(H2,19,20,21). The predicted octanol–water partition coefficient (Wildman–Crippen LogP) is 4.42. The van der Waals surface area contributed by atoms with Crippen LogP contribution in [0, 0.1) is 19.7 Å². The molecule has 0 aromatic heterocycles. The molecule has 0 heterocycles. The molecule has 5 heteroatoms. The second kappa shape index (κ2) is 6.59. The number of nitrogens with one attached hydrogen (secondary N) is 2. The van der Waals surface area contributed by atoms with Gasteiger partial charge < -0.3 is 10.6 Å². The third kappa shape index (κ3) is 3.95. The van der Waals surface area contributed by atoms with Gasteiger partial charge in [-0.25, -0.2) is 9.18 Å². The maximum atomic E-state index is 13.4. The van der Waals surface area contributed by atoms with Crippen LogP contribution in [0.4, 0.5) is 14.9 Å². The van der Waals surface area contributed by atoms with Gasteiger partial charge in [0, 0.05) is 12.1 Å². The molecule has 0 saturated carbocycles. The van der Waals surface area contributed by atoms with Crippen LogP contribution in [0.3, 0.4) is 0 Å². The van der Waals surface area contributed by atoms with Crippen LogP contribution in [-0.4, -0.2) is 6.03 Å². The predicted molar refractivity (Wildman–Crippen MR) is 83.2 cm³/mol. The molecular formula is C16H16ClFN2O. The molecule has 2 amide bonds. The number of hydrogen-bond acceptors (Lipinski definition) is 1. The van der Waals surface area contributed by atoms with Crippen LogP contribution in [-0.2, 0) is 6.54 Å². The van der Waals surface area contributed by atoms with Gasteiger partial charge in [0.05, 0.1) is 10.7 Å². The first-order chi connectivity index (χ1) is 9.97. The van der Waals surface area contributed by atoms with Gasteiger partial charge in [0.2, 0.25) is 0 Å². The first kappa shape index (κ1) is 15.3. The van der Waals surface area contributed by atoms with E-state index < -0.39 is 6.03 Å². The van der Waals surface area contributed by atoms with E-state index in [-0.39, 0.29) is 12.4 Å². The highest BCUT2D eigenvalue weighted by Gasteiger charge is 2.10. The first-order valence-electron chi connectivity index (χ1n) is 6.52. The Balaban J connectivity index is 2.01. The number of carbonyl (C=O) groups is 1. The van der Waals surface area contributed by atoms with Gasteiger partial charge in [0.15, 0.2) is 0 Å². The van der Waals surface area contributed by atoms with Crippen LogP contribution in [0.5, 0.6) is 0 Å².